The second kappa shape index (κ2) is 8.08. The lowest BCUT2D eigenvalue weighted by molar-refractivity contribution is 0.0569. The van der Waals surface area contributed by atoms with Gasteiger partial charge in [0.1, 0.15) is 5.75 Å². The van der Waals surface area contributed by atoms with E-state index in [2.05, 4.69) is 15.0 Å². The van der Waals surface area contributed by atoms with E-state index in [0.717, 1.165) is 32.2 Å². The number of piperazine rings is 1. The summed E-state index contributed by atoms with van der Waals surface area (Å²) in [5.41, 5.74) is 0.590. The highest BCUT2D eigenvalue weighted by Crippen LogP contribution is 2.26. The van der Waals surface area contributed by atoms with Crippen LogP contribution in [-0.2, 0) is 6.61 Å². The van der Waals surface area contributed by atoms with Gasteiger partial charge in [0.15, 0.2) is 6.61 Å². The summed E-state index contributed by atoms with van der Waals surface area (Å²) in [6.45, 7) is 5.38. The van der Waals surface area contributed by atoms with Crippen LogP contribution in [0, 0.1) is 6.92 Å². The minimum absolute atomic E-state index is 0.0287. The highest BCUT2D eigenvalue weighted by Gasteiger charge is 2.29. The Morgan fingerprint density at radius 3 is 2.63 bits per heavy atom. The first-order valence-electron chi connectivity index (χ1n) is 9.75. The van der Waals surface area contributed by atoms with Gasteiger partial charge < -0.3 is 14.2 Å². The van der Waals surface area contributed by atoms with Gasteiger partial charge in [0.05, 0.1) is 5.56 Å². The molecular formula is C20H26N4O3. The fourth-order valence-corrected chi connectivity index (χ4v) is 4.04. The van der Waals surface area contributed by atoms with Gasteiger partial charge in [-0.2, -0.15) is 4.98 Å². The van der Waals surface area contributed by atoms with E-state index in [1.165, 1.54) is 25.7 Å². The summed E-state index contributed by atoms with van der Waals surface area (Å²) >= 11 is 0. The monoisotopic (exact) mass is 370 g/mol. The predicted octanol–water partition coefficient (Wildman–Crippen LogP) is 2.66. The molecule has 0 atom stereocenters. The molecule has 0 unspecified atom stereocenters. The van der Waals surface area contributed by atoms with Gasteiger partial charge in [-0.05, 0) is 25.0 Å². The first-order valence-corrected chi connectivity index (χ1v) is 9.75. The molecule has 1 saturated heterocycles. The minimum Gasteiger partial charge on any atom is -0.485 e. The quantitative estimate of drug-likeness (QED) is 0.806. The van der Waals surface area contributed by atoms with Crippen LogP contribution < -0.4 is 4.74 Å². The maximum absolute atomic E-state index is 13.0. The van der Waals surface area contributed by atoms with E-state index >= 15 is 0 Å². The van der Waals surface area contributed by atoms with Crippen molar-refractivity contribution in [1.82, 2.24) is 19.9 Å². The highest BCUT2D eigenvalue weighted by molar-refractivity contribution is 5.97. The van der Waals surface area contributed by atoms with Crippen molar-refractivity contribution < 1.29 is 14.1 Å². The topological polar surface area (TPSA) is 71.7 Å². The maximum atomic E-state index is 13.0. The van der Waals surface area contributed by atoms with Gasteiger partial charge in [-0.15, -0.1) is 0 Å². The summed E-state index contributed by atoms with van der Waals surface area (Å²) in [6.07, 6.45) is 5.29. The Hall–Kier alpha value is -2.41. The molecule has 0 bridgehead atoms. The van der Waals surface area contributed by atoms with E-state index in [1.807, 2.05) is 29.2 Å². The van der Waals surface area contributed by atoms with Crippen LogP contribution in [0.15, 0.2) is 28.8 Å². The zero-order valence-electron chi connectivity index (χ0n) is 15.8. The number of nitrogens with zero attached hydrogens (tertiary/aromatic N) is 4. The summed E-state index contributed by atoms with van der Waals surface area (Å²) in [7, 11) is 0. The van der Waals surface area contributed by atoms with Crippen LogP contribution in [0.25, 0.3) is 0 Å². The van der Waals surface area contributed by atoms with Crippen molar-refractivity contribution in [1.29, 1.82) is 0 Å². The van der Waals surface area contributed by atoms with E-state index in [1.54, 1.807) is 6.92 Å². The molecule has 1 aliphatic heterocycles. The third-order valence-corrected chi connectivity index (χ3v) is 5.49. The molecule has 0 N–H and O–H groups in total. The Morgan fingerprint density at radius 1 is 1.19 bits per heavy atom. The van der Waals surface area contributed by atoms with Crippen LogP contribution >= 0.6 is 0 Å². The Labute approximate surface area is 159 Å². The standard InChI is InChI=1S/C20H26N4O3/c1-15-21-19(22-27-15)14-26-18-9-5-4-8-17(18)20(25)24-12-10-23(11-13-24)16-6-2-3-7-16/h4-5,8-9,16H,2-3,6-7,10-14H2,1H3. The van der Waals surface area contributed by atoms with Gasteiger partial charge in [0, 0.05) is 39.1 Å². The van der Waals surface area contributed by atoms with Crippen LogP contribution in [0.5, 0.6) is 5.75 Å². The van der Waals surface area contributed by atoms with Crippen molar-refractivity contribution in [3.05, 3.63) is 41.5 Å². The summed E-state index contributed by atoms with van der Waals surface area (Å²) in [6, 6.07) is 8.09. The first kappa shape index (κ1) is 18.0. The summed E-state index contributed by atoms with van der Waals surface area (Å²) in [5, 5.41) is 3.83. The Balaban J connectivity index is 1.38. The number of aryl methyl sites for hydroxylation is 1. The molecule has 1 amide bonds. The average molecular weight is 370 g/mol. The van der Waals surface area contributed by atoms with Gasteiger partial charge in [-0.25, -0.2) is 0 Å². The molecule has 2 aromatic rings. The first-order chi connectivity index (χ1) is 13.2. The zero-order chi connectivity index (χ0) is 18.6. The molecule has 4 rings (SSSR count). The molecule has 2 fully saturated rings. The molecule has 1 saturated carbocycles. The number of hydrogen-bond acceptors (Lipinski definition) is 6. The number of aromatic nitrogens is 2. The molecule has 0 spiro atoms. The fourth-order valence-electron chi connectivity index (χ4n) is 4.04. The third kappa shape index (κ3) is 4.13. The van der Waals surface area contributed by atoms with Crippen molar-refractivity contribution in [2.24, 2.45) is 0 Å². The predicted molar refractivity (Wildman–Crippen MR) is 99.5 cm³/mol. The van der Waals surface area contributed by atoms with Crippen LogP contribution in [0.1, 0.15) is 47.8 Å². The minimum atomic E-state index is 0.0287. The molecule has 27 heavy (non-hydrogen) atoms. The number of benzene rings is 1. The molecule has 1 aliphatic carbocycles. The summed E-state index contributed by atoms with van der Waals surface area (Å²) in [5.74, 6) is 1.56. The number of carbonyl (C=O) groups is 1. The van der Waals surface area contributed by atoms with Crippen LogP contribution in [-0.4, -0.2) is 58.1 Å². The van der Waals surface area contributed by atoms with Gasteiger partial charge in [-0.1, -0.05) is 30.1 Å². The second-order valence-electron chi connectivity index (χ2n) is 7.28. The van der Waals surface area contributed by atoms with Crippen molar-refractivity contribution in [3.8, 4) is 5.75 Å². The van der Waals surface area contributed by atoms with E-state index in [-0.39, 0.29) is 12.5 Å². The van der Waals surface area contributed by atoms with Crippen LogP contribution in [0.3, 0.4) is 0 Å². The van der Waals surface area contributed by atoms with E-state index in [4.69, 9.17) is 9.26 Å². The normalized spacial score (nSPS) is 18.8. The SMILES string of the molecule is Cc1nc(COc2ccccc2C(=O)N2CCN(C3CCCC3)CC2)no1. The molecule has 7 nitrogen and oxygen atoms in total. The Kier molecular flexibility index (Phi) is 5.38. The molecule has 2 heterocycles. The molecule has 7 heteroatoms. The molecule has 2 aliphatic rings. The van der Waals surface area contributed by atoms with Crippen molar-refractivity contribution in [3.63, 3.8) is 0 Å². The van der Waals surface area contributed by atoms with Crippen molar-refractivity contribution >= 4 is 5.91 Å². The third-order valence-electron chi connectivity index (χ3n) is 5.49. The Morgan fingerprint density at radius 2 is 1.93 bits per heavy atom. The number of rotatable bonds is 5. The average Bonchev–Trinajstić information content (AvgIpc) is 3.38. The van der Waals surface area contributed by atoms with E-state index < -0.39 is 0 Å². The largest absolute Gasteiger partial charge is 0.485 e. The lowest BCUT2D eigenvalue weighted by atomic mass is 10.1. The van der Waals surface area contributed by atoms with Gasteiger partial charge in [0.2, 0.25) is 11.7 Å². The highest BCUT2D eigenvalue weighted by atomic mass is 16.5. The molecular weight excluding hydrogens is 344 g/mol. The number of para-hydroxylation sites is 1. The lowest BCUT2D eigenvalue weighted by Gasteiger charge is -2.38. The molecule has 1 aromatic carbocycles. The molecule has 1 aromatic heterocycles. The zero-order valence-corrected chi connectivity index (χ0v) is 15.8. The molecule has 0 radical (unpaired) electrons. The maximum Gasteiger partial charge on any atom is 0.257 e. The fraction of sp³-hybridized carbons (Fsp3) is 0.550. The second-order valence-corrected chi connectivity index (χ2v) is 7.28. The number of carbonyl (C=O) groups excluding carboxylic acids is 1. The number of ether oxygens (including phenoxy) is 1. The summed E-state index contributed by atoms with van der Waals surface area (Å²) in [4.78, 5) is 21.7. The Bertz CT molecular complexity index is 777. The number of amides is 1. The van der Waals surface area contributed by atoms with Gasteiger partial charge >= 0.3 is 0 Å². The van der Waals surface area contributed by atoms with E-state index in [9.17, 15) is 4.79 Å². The lowest BCUT2D eigenvalue weighted by Crippen LogP contribution is -2.51. The molecule has 144 valence electrons. The van der Waals surface area contributed by atoms with E-state index in [0.29, 0.717) is 23.0 Å². The van der Waals surface area contributed by atoms with Crippen LogP contribution in [0.4, 0.5) is 0 Å². The van der Waals surface area contributed by atoms with Gasteiger partial charge in [0.25, 0.3) is 5.91 Å². The number of hydrogen-bond donors (Lipinski definition) is 0. The van der Waals surface area contributed by atoms with Crippen molar-refractivity contribution in [2.45, 2.75) is 45.3 Å². The summed E-state index contributed by atoms with van der Waals surface area (Å²) < 4.78 is 10.8. The van der Waals surface area contributed by atoms with Gasteiger partial charge in [-0.3, -0.25) is 9.69 Å². The smallest absolute Gasteiger partial charge is 0.257 e. The van der Waals surface area contributed by atoms with Crippen molar-refractivity contribution in [2.75, 3.05) is 26.2 Å². The van der Waals surface area contributed by atoms with Crippen LogP contribution in [0.2, 0.25) is 0 Å².